The van der Waals surface area contributed by atoms with Crippen LogP contribution in [-0.2, 0) is 27.3 Å². The van der Waals surface area contributed by atoms with E-state index >= 15 is 0 Å². The summed E-state index contributed by atoms with van der Waals surface area (Å²) in [4.78, 5) is 42.1. The molecular formula is C30H31F2N3O3. The Morgan fingerprint density at radius 1 is 0.921 bits per heavy atom. The van der Waals surface area contributed by atoms with Crippen molar-refractivity contribution in [2.45, 2.75) is 50.9 Å². The number of hydrogen-bond acceptors (Lipinski definition) is 4. The average molecular weight is 520 g/mol. The van der Waals surface area contributed by atoms with Gasteiger partial charge in [-0.2, -0.15) is 0 Å². The molecule has 0 fully saturated rings. The van der Waals surface area contributed by atoms with Crippen LogP contribution >= 0.6 is 0 Å². The molecule has 0 spiro atoms. The number of carbonyl (C=O) groups excluding carboxylic acids is 3. The number of likely N-dealkylation sites (N-methyl/N-ethyl adjacent to an activating group) is 1. The van der Waals surface area contributed by atoms with Crippen LogP contribution < -0.4 is 10.6 Å². The fourth-order valence-corrected chi connectivity index (χ4v) is 4.85. The number of hydrogen-bond donors (Lipinski definition) is 2. The lowest BCUT2D eigenvalue weighted by atomic mass is 9.91. The van der Waals surface area contributed by atoms with Gasteiger partial charge in [-0.1, -0.05) is 67.6 Å². The van der Waals surface area contributed by atoms with Crippen molar-refractivity contribution in [1.29, 1.82) is 0 Å². The summed E-state index contributed by atoms with van der Waals surface area (Å²) in [7, 11) is 1.65. The van der Waals surface area contributed by atoms with Crippen molar-refractivity contribution in [1.82, 2.24) is 15.5 Å². The molecule has 198 valence electrons. The first-order valence-electron chi connectivity index (χ1n) is 12.6. The monoisotopic (exact) mass is 519 g/mol. The number of nitrogens with zero attached hydrogens (tertiary/aromatic N) is 1. The minimum absolute atomic E-state index is 0.140. The third-order valence-corrected chi connectivity index (χ3v) is 7.22. The largest absolute Gasteiger partial charge is 0.342 e. The maximum Gasteiger partial charge on any atom is 0.246 e. The number of carbonyl (C=O) groups is 3. The summed E-state index contributed by atoms with van der Waals surface area (Å²) in [6.07, 6.45) is -0.511. The highest BCUT2D eigenvalue weighted by atomic mass is 19.1. The van der Waals surface area contributed by atoms with Crippen molar-refractivity contribution >= 4 is 17.6 Å². The lowest BCUT2D eigenvalue weighted by molar-refractivity contribution is -0.143. The van der Waals surface area contributed by atoms with Gasteiger partial charge in [0.15, 0.2) is 5.78 Å². The summed E-state index contributed by atoms with van der Waals surface area (Å²) < 4.78 is 28.8. The number of benzene rings is 3. The zero-order valence-electron chi connectivity index (χ0n) is 21.6. The molecule has 2 N–H and O–H groups in total. The summed E-state index contributed by atoms with van der Waals surface area (Å²) in [5.74, 6) is -3.35. The first-order valence-corrected chi connectivity index (χ1v) is 12.6. The van der Waals surface area contributed by atoms with Crippen LogP contribution in [0.3, 0.4) is 0 Å². The molecule has 0 aliphatic carbocycles. The molecule has 4 rings (SSSR count). The van der Waals surface area contributed by atoms with Gasteiger partial charge in [-0.05, 0) is 42.8 Å². The van der Waals surface area contributed by atoms with Gasteiger partial charge in [-0.25, -0.2) is 8.78 Å². The summed E-state index contributed by atoms with van der Waals surface area (Å²) in [6, 6.07) is 17.3. The van der Waals surface area contributed by atoms with Gasteiger partial charge < -0.3 is 15.5 Å². The van der Waals surface area contributed by atoms with Crippen molar-refractivity contribution in [3.8, 4) is 0 Å². The molecule has 2 amide bonds. The Hall–Kier alpha value is -3.91. The van der Waals surface area contributed by atoms with E-state index in [0.29, 0.717) is 5.56 Å². The number of amides is 2. The van der Waals surface area contributed by atoms with Gasteiger partial charge in [0.05, 0.1) is 6.04 Å². The topological polar surface area (TPSA) is 78.5 Å². The molecule has 0 saturated carbocycles. The van der Waals surface area contributed by atoms with Gasteiger partial charge in [0.2, 0.25) is 11.8 Å². The molecule has 0 saturated heterocycles. The highest BCUT2D eigenvalue weighted by molar-refractivity contribution is 5.96. The average Bonchev–Trinajstić information content (AvgIpc) is 3.32. The molecule has 3 aromatic rings. The van der Waals surface area contributed by atoms with E-state index in [1.165, 1.54) is 11.0 Å². The lowest BCUT2D eigenvalue weighted by Gasteiger charge is -2.32. The standard InChI is InChI=1S/C30H31F2N3O3/c1-18(20-10-5-4-6-11-20)27(34-29(37)19(2)33-3)30(38)35-17-21-12-7-8-13-22(21)28(35)26(36)16-23-24(31)14-9-15-25(23)32/h4-15,18-19,27-28,33H,16-17H2,1-3H3,(H,34,37)/t18-,19-,27-,28-/m0/s1. The normalized spacial score (nSPS) is 16.9. The third-order valence-electron chi connectivity index (χ3n) is 7.22. The predicted molar refractivity (Wildman–Crippen MR) is 140 cm³/mol. The van der Waals surface area contributed by atoms with Crippen LogP contribution in [0.4, 0.5) is 8.78 Å². The first kappa shape index (κ1) is 27.1. The molecule has 3 aromatic carbocycles. The summed E-state index contributed by atoms with van der Waals surface area (Å²) in [5, 5.41) is 5.75. The van der Waals surface area contributed by atoms with Crippen molar-refractivity contribution in [3.05, 3.63) is 107 Å². The summed E-state index contributed by atoms with van der Waals surface area (Å²) >= 11 is 0. The van der Waals surface area contributed by atoms with E-state index in [9.17, 15) is 23.2 Å². The van der Waals surface area contributed by atoms with Crippen LogP contribution in [0, 0.1) is 11.6 Å². The molecule has 38 heavy (non-hydrogen) atoms. The Labute approximate surface area is 221 Å². The van der Waals surface area contributed by atoms with Crippen LogP contribution in [0.2, 0.25) is 0 Å². The number of rotatable bonds is 9. The number of nitrogens with one attached hydrogen (secondary N) is 2. The van der Waals surface area contributed by atoms with Gasteiger partial charge >= 0.3 is 0 Å². The Bertz CT molecular complexity index is 1310. The van der Waals surface area contributed by atoms with Crippen molar-refractivity contribution in [2.24, 2.45) is 0 Å². The number of halogens is 2. The van der Waals surface area contributed by atoms with Gasteiger partial charge in [-0.15, -0.1) is 0 Å². The first-order chi connectivity index (χ1) is 18.2. The predicted octanol–water partition coefficient (Wildman–Crippen LogP) is 4.06. The van der Waals surface area contributed by atoms with Gasteiger partial charge in [0.25, 0.3) is 0 Å². The molecule has 0 unspecified atom stereocenters. The minimum Gasteiger partial charge on any atom is -0.342 e. The number of ketones is 1. The smallest absolute Gasteiger partial charge is 0.246 e. The zero-order valence-corrected chi connectivity index (χ0v) is 21.6. The maximum atomic E-state index is 14.4. The molecule has 0 radical (unpaired) electrons. The highest BCUT2D eigenvalue weighted by Crippen LogP contribution is 2.37. The molecule has 8 heteroatoms. The van der Waals surface area contributed by atoms with Gasteiger partial charge in [0, 0.05) is 24.4 Å². The highest BCUT2D eigenvalue weighted by Gasteiger charge is 2.42. The van der Waals surface area contributed by atoms with Crippen LogP contribution in [0.25, 0.3) is 0 Å². The maximum absolute atomic E-state index is 14.4. The van der Waals surface area contributed by atoms with E-state index in [0.717, 1.165) is 23.3 Å². The molecular weight excluding hydrogens is 488 g/mol. The van der Waals surface area contributed by atoms with Crippen LogP contribution in [0.1, 0.15) is 48.1 Å². The zero-order chi connectivity index (χ0) is 27.4. The van der Waals surface area contributed by atoms with E-state index in [2.05, 4.69) is 10.6 Å². The molecule has 1 aliphatic heterocycles. The lowest BCUT2D eigenvalue weighted by Crippen LogP contribution is -2.54. The van der Waals surface area contributed by atoms with Crippen molar-refractivity contribution < 1.29 is 23.2 Å². The second kappa shape index (κ2) is 11.6. The minimum atomic E-state index is -1.04. The number of Topliss-reactive ketones (excluding diaryl/α,β-unsaturated/α-hetero) is 1. The fourth-order valence-electron chi connectivity index (χ4n) is 4.85. The molecule has 0 bridgehead atoms. The SMILES string of the molecule is CN[C@@H](C)C(=O)N[C@H](C(=O)N1Cc2ccccc2[C@H]1C(=O)Cc1c(F)cccc1F)[C@@H](C)c1ccccc1. The van der Waals surface area contributed by atoms with Crippen LogP contribution in [0.5, 0.6) is 0 Å². The number of fused-ring (bicyclic) bond motifs is 1. The quantitative estimate of drug-likeness (QED) is 0.447. The van der Waals surface area contributed by atoms with Crippen LogP contribution in [-0.4, -0.2) is 41.6 Å². The molecule has 4 atom stereocenters. The Morgan fingerprint density at radius 3 is 2.21 bits per heavy atom. The van der Waals surface area contributed by atoms with Gasteiger partial charge in [-0.3, -0.25) is 14.4 Å². The second-order valence-corrected chi connectivity index (χ2v) is 9.61. The van der Waals surface area contributed by atoms with Crippen molar-refractivity contribution in [2.75, 3.05) is 7.05 Å². The molecule has 0 aromatic heterocycles. The summed E-state index contributed by atoms with van der Waals surface area (Å²) in [5.41, 5.74) is 1.90. The Morgan fingerprint density at radius 2 is 1.55 bits per heavy atom. The Kier molecular flexibility index (Phi) is 8.32. The molecule has 1 heterocycles. The van der Waals surface area contributed by atoms with Crippen LogP contribution in [0.15, 0.2) is 72.8 Å². The fraction of sp³-hybridized carbons (Fsp3) is 0.300. The van der Waals surface area contributed by atoms with E-state index in [1.807, 2.05) is 49.4 Å². The second-order valence-electron chi connectivity index (χ2n) is 9.61. The van der Waals surface area contributed by atoms with E-state index in [-0.39, 0.29) is 18.0 Å². The molecule has 1 aliphatic rings. The van der Waals surface area contributed by atoms with Crippen molar-refractivity contribution in [3.63, 3.8) is 0 Å². The Balaban J connectivity index is 1.71. The van der Waals surface area contributed by atoms with E-state index in [4.69, 9.17) is 0 Å². The van der Waals surface area contributed by atoms with Gasteiger partial charge in [0.1, 0.15) is 23.7 Å². The van der Waals surface area contributed by atoms with E-state index < -0.39 is 53.8 Å². The third kappa shape index (κ3) is 5.50. The summed E-state index contributed by atoms with van der Waals surface area (Å²) in [6.45, 7) is 3.67. The molecule has 6 nitrogen and oxygen atoms in total. The van der Waals surface area contributed by atoms with E-state index in [1.54, 1.807) is 26.1 Å².